The van der Waals surface area contributed by atoms with E-state index in [2.05, 4.69) is 6.92 Å². The molecular weight excluding hydrogens is 297 g/mol. The lowest BCUT2D eigenvalue weighted by molar-refractivity contribution is 0.287. The highest BCUT2D eigenvalue weighted by Gasteiger charge is 2.31. The molecule has 1 aromatic rings. The van der Waals surface area contributed by atoms with E-state index in [1.54, 1.807) is 0 Å². The van der Waals surface area contributed by atoms with Gasteiger partial charge >= 0.3 is 0 Å². The predicted octanol–water partition coefficient (Wildman–Crippen LogP) is 2.26. The summed E-state index contributed by atoms with van der Waals surface area (Å²) in [7, 11) is -1.09. The standard InChI is InChI=1S/C14H20FNO4S/c1-10-4-6-16(7-5-10)21(17,18)14-9-13(20-3)12(19-2)8-11(14)15/h8-10H,4-7H2,1-3H3. The average Bonchev–Trinajstić information content (AvgIpc) is 2.47. The van der Waals surface area contributed by atoms with Gasteiger partial charge in [0.15, 0.2) is 11.5 Å². The van der Waals surface area contributed by atoms with E-state index in [9.17, 15) is 12.8 Å². The van der Waals surface area contributed by atoms with Gasteiger partial charge in [-0.3, -0.25) is 0 Å². The highest BCUT2D eigenvalue weighted by molar-refractivity contribution is 7.89. The molecule has 5 nitrogen and oxygen atoms in total. The summed E-state index contributed by atoms with van der Waals surface area (Å²) in [4.78, 5) is -0.366. The summed E-state index contributed by atoms with van der Waals surface area (Å²) in [6, 6.07) is 2.22. The Kier molecular flexibility index (Phi) is 4.73. The largest absolute Gasteiger partial charge is 0.493 e. The maximum Gasteiger partial charge on any atom is 0.246 e. The van der Waals surface area contributed by atoms with Gasteiger partial charge in [-0.1, -0.05) is 6.92 Å². The van der Waals surface area contributed by atoms with Crippen LogP contribution in [-0.4, -0.2) is 40.0 Å². The van der Waals surface area contributed by atoms with Crippen LogP contribution in [0.15, 0.2) is 17.0 Å². The zero-order chi connectivity index (χ0) is 15.6. The molecule has 21 heavy (non-hydrogen) atoms. The number of hydrogen-bond donors (Lipinski definition) is 0. The van der Waals surface area contributed by atoms with E-state index in [1.807, 2.05) is 0 Å². The second-order valence-corrected chi connectivity index (χ2v) is 7.13. The summed E-state index contributed by atoms with van der Waals surface area (Å²) in [5.41, 5.74) is 0. The fraction of sp³-hybridized carbons (Fsp3) is 0.571. The number of sulfonamides is 1. The molecule has 0 unspecified atom stereocenters. The Morgan fingerprint density at radius 2 is 1.67 bits per heavy atom. The minimum Gasteiger partial charge on any atom is -0.493 e. The van der Waals surface area contributed by atoms with Gasteiger partial charge in [0.1, 0.15) is 10.7 Å². The number of ether oxygens (including phenoxy) is 2. The van der Waals surface area contributed by atoms with Crippen LogP contribution in [0.25, 0.3) is 0 Å². The molecule has 0 atom stereocenters. The second kappa shape index (κ2) is 6.19. The molecule has 1 aliphatic rings. The number of piperidine rings is 1. The van der Waals surface area contributed by atoms with Gasteiger partial charge in [0, 0.05) is 25.2 Å². The maximum absolute atomic E-state index is 14.1. The summed E-state index contributed by atoms with van der Waals surface area (Å²) >= 11 is 0. The van der Waals surface area contributed by atoms with Crippen molar-refractivity contribution < 1.29 is 22.3 Å². The van der Waals surface area contributed by atoms with Crippen molar-refractivity contribution in [2.75, 3.05) is 27.3 Å². The first-order valence-electron chi connectivity index (χ1n) is 6.81. The van der Waals surface area contributed by atoms with E-state index in [4.69, 9.17) is 9.47 Å². The van der Waals surface area contributed by atoms with E-state index in [-0.39, 0.29) is 16.4 Å². The van der Waals surface area contributed by atoms with Crippen LogP contribution in [0.5, 0.6) is 11.5 Å². The molecule has 0 saturated carbocycles. The van der Waals surface area contributed by atoms with Crippen molar-refractivity contribution in [3.63, 3.8) is 0 Å². The number of hydrogen-bond acceptors (Lipinski definition) is 4. The number of rotatable bonds is 4. The SMILES string of the molecule is COc1cc(F)c(S(=O)(=O)N2CCC(C)CC2)cc1OC. The number of nitrogens with zero attached hydrogens (tertiary/aromatic N) is 1. The van der Waals surface area contributed by atoms with E-state index in [0.717, 1.165) is 18.9 Å². The van der Waals surface area contributed by atoms with Crippen LogP contribution in [0, 0.1) is 11.7 Å². The molecule has 1 aliphatic heterocycles. The van der Waals surface area contributed by atoms with Gasteiger partial charge in [-0.25, -0.2) is 12.8 Å². The fourth-order valence-electron chi connectivity index (χ4n) is 2.40. The van der Waals surface area contributed by atoms with Crippen molar-refractivity contribution in [1.82, 2.24) is 4.31 Å². The monoisotopic (exact) mass is 317 g/mol. The Morgan fingerprint density at radius 3 is 2.19 bits per heavy atom. The molecule has 1 heterocycles. The van der Waals surface area contributed by atoms with Gasteiger partial charge in [0.25, 0.3) is 0 Å². The number of benzene rings is 1. The van der Waals surface area contributed by atoms with Crippen LogP contribution in [0.4, 0.5) is 4.39 Å². The first-order valence-corrected chi connectivity index (χ1v) is 8.25. The molecule has 1 saturated heterocycles. The van der Waals surface area contributed by atoms with Crippen molar-refractivity contribution in [2.45, 2.75) is 24.7 Å². The quantitative estimate of drug-likeness (QED) is 0.855. The zero-order valence-corrected chi connectivity index (χ0v) is 13.2. The van der Waals surface area contributed by atoms with Crippen LogP contribution in [0.1, 0.15) is 19.8 Å². The molecule has 0 N–H and O–H groups in total. The highest BCUT2D eigenvalue weighted by atomic mass is 32.2. The normalized spacial score (nSPS) is 17.7. The second-order valence-electron chi connectivity index (χ2n) is 5.22. The number of methoxy groups -OCH3 is 2. The molecule has 0 aliphatic carbocycles. The third kappa shape index (κ3) is 3.13. The predicted molar refractivity (Wildman–Crippen MR) is 76.7 cm³/mol. The van der Waals surface area contributed by atoms with E-state index in [1.165, 1.54) is 24.6 Å². The summed E-state index contributed by atoms with van der Waals surface area (Å²) in [6.45, 7) is 2.91. The lowest BCUT2D eigenvalue weighted by Crippen LogP contribution is -2.38. The van der Waals surface area contributed by atoms with Crippen LogP contribution < -0.4 is 9.47 Å². The Morgan fingerprint density at radius 1 is 1.14 bits per heavy atom. The van der Waals surface area contributed by atoms with Gasteiger partial charge < -0.3 is 9.47 Å². The molecule has 0 radical (unpaired) electrons. The molecule has 0 bridgehead atoms. The van der Waals surface area contributed by atoms with Crippen molar-refractivity contribution in [3.8, 4) is 11.5 Å². The summed E-state index contributed by atoms with van der Waals surface area (Å²) < 4.78 is 50.6. The van der Waals surface area contributed by atoms with E-state index < -0.39 is 15.8 Å². The van der Waals surface area contributed by atoms with Crippen LogP contribution >= 0.6 is 0 Å². The number of halogens is 1. The molecule has 1 aromatic carbocycles. The van der Waals surface area contributed by atoms with Gasteiger partial charge in [0.05, 0.1) is 14.2 Å². The molecule has 0 spiro atoms. The smallest absolute Gasteiger partial charge is 0.246 e. The first-order chi connectivity index (χ1) is 9.90. The fourth-order valence-corrected chi connectivity index (χ4v) is 3.93. The minimum absolute atomic E-state index is 0.168. The highest BCUT2D eigenvalue weighted by Crippen LogP contribution is 2.34. The minimum atomic E-state index is -3.85. The lowest BCUT2D eigenvalue weighted by Gasteiger charge is -2.29. The van der Waals surface area contributed by atoms with Crippen LogP contribution in [-0.2, 0) is 10.0 Å². The zero-order valence-electron chi connectivity index (χ0n) is 12.4. The summed E-state index contributed by atoms with van der Waals surface area (Å²) in [6.07, 6.45) is 1.57. The average molecular weight is 317 g/mol. The Balaban J connectivity index is 2.40. The maximum atomic E-state index is 14.1. The third-order valence-corrected chi connectivity index (χ3v) is 5.71. The van der Waals surface area contributed by atoms with Gasteiger partial charge in [-0.15, -0.1) is 0 Å². The Labute approximate surface area is 124 Å². The third-order valence-electron chi connectivity index (χ3n) is 3.80. The molecule has 2 rings (SSSR count). The van der Waals surface area contributed by atoms with Crippen molar-refractivity contribution in [2.24, 2.45) is 5.92 Å². The molecule has 118 valence electrons. The topological polar surface area (TPSA) is 55.8 Å². The molecular formula is C14H20FNO4S. The van der Waals surface area contributed by atoms with Crippen LogP contribution in [0.2, 0.25) is 0 Å². The summed E-state index contributed by atoms with van der Waals surface area (Å²) in [5, 5.41) is 0. The van der Waals surface area contributed by atoms with Gasteiger partial charge in [-0.05, 0) is 18.8 Å². The van der Waals surface area contributed by atoms with Crippen molar-refractivity contribution in [1.29, 1.82) is 0 Å². The van der Waals surface area contributed by atoms with Crippen LogP contribution in [0.3, 0.4) is 0 Å². The summed E-state index contributed by atoms with van der Waals surface area (Å²) in [5.74, 6) is 0.0297. The molecule has 0 aromatic heterocycles. The van der Waals surface area contributed by atoms with E-state index in [0.29, 0.717) is 19.0 Å². The molecule has 7 heteroatoms. The lowest BCUT2D eigenvalue weighted by atomic mass is 10.0. The van der Waals surface area contributed by atoms with Crippen molar-refractivity contribution in [3.05, 3.63) is 17.9 Å². The Hall–Kier alpha value is -1.34. The van der Waals surface area contributed by atoms with Gasteiger partial charge in [-0.2, -0.15) is 4.31 Å². The van der Waals surface area contributed by atoms with Crippen molar-refractivity contribution >= 4 is 10.0 Å². The van der Waals surface area contributed by atoms with E-state index >= 15 is 0 Å². The molecule has 1 fully saturated rings. The molecule has 0 amide bonds. The Bertz CT molecular complexity index is 610. The van der Waals surface area contributed by atoms with Gasteiger partial charge in [0.2, 0.25) is 10.0 Å². The first kappa shape index (κ1) is 16.0.